The average Bonchev–Trinajstić information content (AvgIpc) is 2.75. The largest absolute Gasteiger partial charge is 0.395 e. The fraction of sp³-hybridized carbons (Fsp3) is 0.565. The molecular weight excluding hydrogens is 378 g/mol. The van der Waals surface area contributed by atoms with Crippen molar-refractivity contribution in [2.45, 2.75) is 26.8 Å². The zero-order chi connectivity index (χ0) is 21.3. The lowest BCUT2D eigenvalue weighted by Gasteiger charge is -2.26. The summed E-state index contributed by atoms with van der Waals surface area (Å²) >= 11 is 0. The molecule has 30 heavy (non-hydrogen) atoms. The predicted molar refractivity (Wildman–Crippen MR) is 121 cm³/mol. The molecule has 1 aromatic heterocycles. The lowest BCUT2D eigenvalue weighted by molar-refractivity contribution is 0.0378. The molecule has 0 aliphatic carbocycles. The van der Waals surface area contributed by atoms with Gasteiger partial charge in [-0.25, -0.2) is 9.97 Å². The van der Waals surface area contributed by atoms with E-state index >= 15 is 0 Å². The van der Waals surface area contributed by atoms with E-state index in [0.29, 0.717) is 6.54 Å². The molecule has 7 nitrogen and oxygen atoms in total. The third-order valence-electron chi connectivity index (χ3n) is 5.58. The van der Waals surface area contributed by atoms with Crippen LogP contribution in [-0.2, 0) is 11.3 Å². The van der Waals surface area contributed by atoms with E-state index in [1.165, 1.54) is 5.56 Å². The van der Waals surface area contributed by atoms with Crippen LogP contribution in [0.5, 0.6) is 0 Å². The second-order valence-corrected chi connectivity index (χ2v) is 8.00. The molecule has 0 amide bonds. The molecule has 3 rings (SSSR count). The highest BCUT2D eigenvalue weighted by molar-refractivity contribution is 5.60. The van der Waals surface area contributed by atoms with Crippen molar-refractivity contribution in [3.05, 3.63) is 41.1 Å². The number of likely N-dealkylation sites (N-methyl/N-ethyl adjacent to an activating group) is 1. The first kappa shape index (κ1) is 22.6. The average molecular weight is 414 g/mol. The van der Waals surface area contributed by atoms with Crippen molar-refractivity contribution >= 4 is 5.82 Å². The summed E-state index contributed by atoms with van der Waals surface area (Å²) in [6.07, 6.45) is 1.08. The molecule has 1 fully saturated rings. The van der Waals surface area contributed by atoms with Crippen LogP contribution in [0.25, 0.3) is 11.4 Å². The van der Waals surface area contributed by atoms with Crippen molar-refractivity contribution in [3.8, 4) is 11.4 Å². The van der Waals surface area contributed by atoms with Gasteiger partial charge in [0.1, 0.15) is 5.82 Å². The lowest BCUT2D eigenvalue weighted by atomic mass is 10.1. The Kier molecular flexibility index (Phi) is 8.57. The molecule has 2 N–H and O–H groups in total. The number of hydrogen-bond acceptors (Lipinski definition) is 7. The number of anilines is 1. The SMILES string of the molecule is Cc1nc(-c2ccc(CN(C)CCO)cc2)nc(NCCCN2CCOCC2)c1C. The van der Waals surface area contributed by atoms with Crippen LogP contribution in [0.3, 0.4) is 0 Å². The minimum Gasteiger partial charge on any atom is -0.395 e. The Hall–Kier alpha value is -2.06. The van der Waals surface area contributed by atoms with Crippen LogP contribution in [0.15, 0.2) is 24.3 Å². The second-order valence-electron chi connectivity index (χ2n) is 8.00. The van der Waals surface area contributed by atoms with Crippen LogP contribution in [0.2, 0.25) is 0 Å². The van der Waals surface area contributed by atoms with Crippen LogP contribution in [-0.4, -0.2) is 84.5 Å². The van der Waals surface area contributed by atoms with E-state index in [2.05, 4.69) is 46.3 Å². The number of nitrogens with one attached hydrogen (secondary N) is 1. The van der Waals surface area contributed by atoms with Crippen molar-refractivity contribution in [1.82, 2.24) is 19.8 Å². The van der Waals surface area contributed by atoms with Gasteiger partial charge in [-0.2, -0.15) is 0 Å². The van der Waals surface area contributed by atoms with Gasteiger partial charge in [-0.05, 0) is 39.4 Å². The Morgan fingerprint density at radius 3 is 2.57 bits per heavy atom. The van der Waals surface area contributed by atoms with Gasteiger partial charge in [0.2, 0.25) is 0 Å². The van der Waals surface area contributed by atoms with Crippen molar-refractivity contribution in [1.29, 1.82) is 0 Å². The topological polar surface area (TPSA) is 73.8 Å². The van der Waals surface area contributed by atoms with Crippen LogP contribution in [0.1, 0.15) is 23.2 Å². The summed E-state index contributed by atoms with van der Waals surface area (Å²) in [7, 11) is 2.01. The van der Waals surface area contributed by atoms with E-state index in [1.54, 1.807) is 0 Å². The first-order valence-corrected chi connectivity index (χ1v) is 10.8. The van der Waals surface area contributed by atoms with Gasteiger partial charge in [0.15, 0.2) is 5.82 Å². The number of aryl methyl sites for hydroxylation is 1. The van der Waals surface area contributed by atoms with Gasteiger partial charge in [0.25, 0.3) is 0 Å². The Balaban J connectivity index is 1.61. The number of aromatic nitrogens is 2. The van der Waals surface area contributed by atoms with E-state index in [4.69, 9.17) is 19.8 Å². The Morgan fingerprint density at radius 2 is 1.87 bits per heavy atom. The number of benzene rings is 1. The zero-order valence-corrected chi connectivity index (χ0v) is 18.5. The summed E-state index contributed by atoms with van der Waals surface area (Å²) < 4.78 is 5.41. The molecule has 0 radical (unpaired) electrons. The van der Waals surface area contributed by atoms with Crippen molar-refractivity contribution in [2.24, 2.45) is 0 Å². The highest BCUT2D eigenvalue weighted by Gasteiger charge is 2.12. The van der Waals surface area contributed by atoms with Gasteiger partial charge < -0.3 is 15.2 Å². The number of nitrogens with zero attached hydrogens (tertiary/aromatic N) is 4. The third kappa shape index (κ3) is 6.47. The fourth-order valence-corrected chi connectivity index (χ4v) is 3.58. The summed E-state index contributed by atoms with van der Waals surface area (Å²) in [6.45, 7) is 11.5. The molecule has 1 saturated heterocycles. The first-order chi connectivity index (χ1) is 14.6. The van der Waals surface area contributed by atoms with E-state index in [9.17, 15) is 0 Å². The number of hydrogen-bond donors (Lipinski definition) is 2. The minimum atomic E-state index is 0.174. The number of aliphatic hydroxyl groups is 1. The molecule has 164 valence electrons. The van der Waals surface area contributed by atoms with Gasteiger partial charge in [0.05, 0.1) is 19.8 Å². The Labute approximate surface area is 180 Å². The van der Waals surface area contributed by atoms with E-state index in [0.717, 1.165) is 80.8 Å². The number of morpholine rings is 1. The van der Waals surface area contributed by atoms with Gasteiger partial charge in [-0.1, -0.05) is 24.3 Å². The summed E-state index contributed by atoms with van der Waals surface area (Å²) in [5, 5.41) is 12.6. The minimum absolute atomic E-state index is 0.174. The molecule has 2 aromatic rings. The van der Waals surface area contributed by atoms with E-state index in [-0.39, 0.29) is 6.61 Å². The summed E-state index contributed by atoms with van der Waals surface area (Å²) in [5.74, 6) is 1.68. The molecule has 0 atom stereocenters. The van der Waals surface area contributed by atoms with Gasteiger partial charge in [-0.3, -0.25) is 9.80 Å². The number of rotatable bonds is 10. The highest BCUT2D eigenvalue weighted by Crippen LogP contribution is 2.22. The van der Waals surface area contributed by atoms with E-state index < -0.39 is 0 Å². The molecule has 0 unspecified atom stereocenters. The fourth-order valence-electron chi connectivity index (χ4n) is 3.58. The smallest absolute Gasteiger partial charge is 0.161 e. The Morgan fingerprint density at radius 1 is 1.13 bits per heavy atom. The second kappa shape index (κ2) is 11.4. The molecule has 1 aliphatic heterocycles. The van der Waals surface area contributed by atoms with Crippen molar-refractivity contribution in [3.63, 3.8) is 0 Å². The summed E-state index contributed by atoms with van der Waals surface area (Å²) in [6, 6.07) is 8.37. The zero-order valence-electron chi connectivity index (χ0n) is 18.5. The summed E-state index contributed by atoms with van der Waals surface area (Å²) in [5.41, 5.74) is 4.33. The van der Waals surface area contributed by atoms with Crippen LogP contribution in [0, 0.1) is 13.8 Å². The van der Waals surface area contributed by atoms with Crippen LogP contribution >= 0.6 is 0 Å². The standard InChI is InChI=1S/C23H35N5O2/c1-18-19(2)25-23(21-7-5-20(6-8-21)17-27(3)11-14-29)26-22(18)24-9-4-10-28-12-15-30-16-13-28/h5-8,29H,4,9-17H2,1-3H3,(H,24,25,26). The Bertz CT molecular complexity index is 791. The van der Waals surface area contributed by atoms with Crippen molar-refractivity contribution < 1.29 is 9.84 Å². The molecule has 2 heterocycles. The van der Waals surface area contributed by atoms with Crippen LogP contribution < -0.4 is 5.32 Å². The predicted octanol–water partition coefficient (Wildman–Crippen LogP) is 2.32. The maximum Gasteiger partial charge on any atom is 0.161 e. The van der Waals surface area contributed by atoms with Gasteiger partial charge in [0, 0.05) is 49.5 Å². The van der Waals surface area contributed by atoms with Crippen molar-refractivity contribution in [2.75, 3.05) is 64.9 Å². The van der Waals surface area contributed by atoms with Gasteiger partial charge >= 0.3 is 0 Å². The molecular formula is C23H35N5O2. The maximum atomic E-state index is 9.05. The quantitative estimate of drug-likeness (QED) is 0.579. The highest BCUT2D eigenvalue weighted by atomic mass is 16.5. The third-order valence-corrected chi connectivity index (χ3v) is 5.58. The lowest BCUT2D eigenvalue weighted by Crippen LogP contribution is -2.37. The number of aliphatic hydroxyl groups excluding tert-OH is 1. The molecule has 0 bridgehead atoms. The molecule has 0 saturated carbocycles. The first-order valence-electron chi connectivity index (χ1n) is 10.8. The monoisotopic (exact) mass is 413 g/mol. The number of ether oxygens (including phenoxy) is 1. The van der Waals surface area contributed by atoms with Crippen LogP contribution in [0.4, 0.5) is 5.82 Å². The summed E-state index contributed by atoms with van der Waals surface area (Å²) in [4.78, 5) is 14.1. The normalized spacial score (nSPS) is 15.0. The maximum absolute atomic E-state index is 9.05. The molecule has 1 aromatic carbocycles. The molecule has 1 aliphatic rings. The van der Waals surface area contributed by atoms with E-state index in [1.807, 2.05) is 14.0 Å². The van der Waals surface area contributed by atoms with Gasteiger partial charge in [-0.15, -0.1) is 0 Å². The molecule has 7 heteroatoms. The molecule has 0 spiro atoms.